The maximum Gasteiger partial charge on any atom is 0.369 e. The SMILES string of the molecule is COc1cc2nccc(Oc3cc4occ(C(=O)NC(O)(O)O)c4cc3F)c2cc1C(N)=O. The van der Waals surface area contributed by atoms with E-state index in [4.69, 9.17) is 34.9 Å². The number of methoxy groups -OCH3 is 1. The van der Waals surface area contributed by atoms with Gasteiger partial charge in [-0.25, -0.2) is 4.39 Å². The van der Waals surface area contributed by atoms with Crippen molar-refractivity contribution in [1.29, 1.82) is 0 Å². The smallest absolute Gasteiger partial charge is 0.369 e. The number of amides is 2. The monoisotopic (exact) mass is 457 g/mol. The fourth-order valence-corrected chi connectivity index (χ4v) is 3.22. The number of carbonyl (C=O) groups is 2. The summed E-state index contributed by atoms with van der Waals surface area (Å²) in [5.74, 6) is -2.65. The first-order chi connectivity index (χ1) is 15.6. The zero-order chi connectivity index (χ0) is 23.9. The third kappa shape index (κ3) is 4.25. The van der Waals surface area contributed by atoms with Crippen LogP contribution in [0, 0.1) is 5.82 Å². The van der Waals surface area contributed by atoms with Crippen LogP contribution in [-0.2, 0) is 0 Å². The van der Waals surface area contributed by atoms with Crippen molar-refractivity contribution in [3.8, 4) is 17.2 Å². The molecule has 0 aliphatic rings. The van der Waals surface area contributed by atoms with Crippen LogP contribution in [0.4, 0.5) is 4.39 Å². The number of hydrogen-bond donors (Lipinski definition) is 5. The molecule has 0 aliphatic carbocycles. The molecule has 2 aromatic carbocycles. The van der Waals surface area contributed by atoms with E-state index < -0.39 is 23.7 Å². The van der Waals surface area contributed by atoms with Crippen molar-refractivity contribution in [1.82, 2.24) is 10.3 Å². The first-order valence-electron chi connectivity index (χ1n) is 9.22. The first kappa shape index (κ1) is 22.0. The Labute approximate surface area is 183 Å². The van der Waals surface area contributed by atoms with Crippen LogP contribution in [0.3, 0.4) is 0 Å². The van der Waals surface area contributed by atoms with Crippen molar-refractivity contribution >= 4 is 33.7 Å². The second-order valence-corrected chi connectivity index (χ2v) is 6.86. The fraction of sp³-hybridized carbons (Fsp3) is 0.0952. The molecule has 12 heteroatoms. The zero-order valence-corrected chi connectivity index (χ0v) is 16.8. The third-order valence-electron chi connectivity index (χ3n) is 4.66. The van der Waals surface area contributed by atoms with Gasteiger partial charge in [0.1, 0.15) is 23.3 Å². The zero-order valence-electron chi connectivity index (χ0n) is 16.8. The second-order valence-electron chi connectivity index (χ2n) is 6.86. The van der Waals surface area contributed by atoms with Crippen LogP contribution in [0.15, 0.2) is 47.2 Å². The minimum absolute atomic E-state index is 0.0121. The van der Waals surface area contributed by atoms with Crippen LogP contribution in [0.1, 0.15) is 20.7 Å². The van der Waals surface area contributed by atoms with Crippen LogP contribution < -0.4 is 20.5 Å². The summed E-state index contributed by atoms with van der Waals surface area (Å²) in [6.07, 6.45) is -1.10. The molecule has 2 amide bonds. The molecule has 4 aromatic rings. The van der Waals surface area contributed by atoms with Crippen LogP contribution >= 0.6 is 0 Å². The van der Waals surface area contributed by atoms with E-state index in [0.717, 1.165) is 12.3 Å². The quantitative estimate of drug-likeness (QED) is 0.267. The van der Waals surface area contributed by atoms with Crippen LogP contribution in [0.2, 0.25) is 0 Å². The lowest BCUT2D eigenvalue weighted by molar-refractivity contribution is -0.323. The normalized spacial score (nSPS) is 11.5. The number of pyridine rings is 1. The average molecular weight is 457 g/mol. The Morgan fingerprint density at radius 1 is 1.09 bits per heavy atom. The Balaban J connectivity index is 1.75. The molecule has 0 spiro atoms. The minimum atomic E-state index is -3.46. The molecule has 6 N–H and O–H groups in total. The van der Waals surface area contributed by atoms with Gasteiger partial charge in [-0.15, -0.1) is 0 Å². The minimum Gasteiger partial charge on any atom is -0.496 e. The van der Waals surface area contributed by atoms with Gasteiger partial charge in [-0.05, 0) is 18.2 Å². The highest BCUT2D eigenvalue weighted by Crippen LogP contribution is 2.36. The van der Waals surface area contributed by atoms with Gasteiger partial charge >= 0.3 is 6.10 Å². The van der Waals surface area contributed by atoms with Crippen molar-refractivity contribution in [2.24, 2.45) is 5.73 Å². The molecule has 0 radical (unpaired) electrons. The van der Waals surface area contributed by atoms with Gasteiger partial charge in [-0.1, -0.05) is 0 Å². The van der Waals surface area contributed by atoms with Crippen molar-refractivity contribution < 1.29 is 43.2 Å². The molecule has 0 aliphatic heterocycles. The predicted octanol–water partition coefficient (Wildman–Crippen LogP) is 1.34. The second kappa shape index (κ2) is 8.02. The average Bonchev–Trinajstić information content (AvgIpc) is 3.14. The first-order valence-corrected chi connectivity index (χ1v) is 9.22. The summed E-state index contributed by atoms with van der Waals surface area (Å²) in [5, 5.41) is 28.6. The van der Waals surface area contributed by atoms with Gasteiger partial charge in [0.05, 0.1) is 23.8 Å². The van der Waals surface area contributed by atoms with Gasteiger partial charge < -0.3 is 34.9 Å². The number of benzene rings is 2. The molecule has 4 rings (SSSR count). The van der Waals surface area contributed by atoms with Crippen molar-refractivity contribution in [3.63, 3.8) is 0 Å². The topological polar surface area (TPSA) is 177 Å². The van der Waals surface area contributed by atoms with Crippen molar-refractivity contribution in [2.75, 3.05) is 7.11 Å². The number of furan rings is 1. The summed E-state index contributed by atoms with van der Waals surface area (Å²) >= 11 is 0. The number of aliphatic hydroxyl groups is 3. The Bertz CT molecular complexity index is 1410. The van der Waals surface area contributed by atoms with Gasteiger partial charge in [0.25, 0.3) is 11.8 Å². The lowest BCUT2D eigenvalue weighted by atomic mass is 10.1. The Morgan fingerprint density at radius 3 is 2.52 bits per heavy atom. The molecule has 0 saturated carbocycles. The number of carbonyl (C=O) groups excluding carboxylic acids is 2. The number of hydrogen-bond acceptors (Lipinski definition) is 9. The maximum atomic E-state index is 14.8. The summed E-state index contributed by atoms with van der Waals surface area (Å²) in [6, 6.07) is 6.47. The van der Waals surface area contributed by atoms with E-state index in [1.165, 1.54) is 42.9 Å². The molecule has 11 nitrogen and oxygen atoms in total. The summed E-state index contributed by atoms with van der Waals surface area (Å²) in [4.78, 5) is 28.0. The molecule has 0 saturated heterocycles. The maximum absolute atomic E-state index is 14.8. The van der Waals surface area contributed by atoms with Gasteiger partial charge in [0.2, 0.25) is 0 Å². The van der Waals surface area contributed by atoms with E-state index in [1.807, 2.05) is 0 Å². The number of rotatable bonds is 6. The van der Waals surface area contributed by atoms with Crippen molar-refractivity contribution in [3.05, 3.63) is 59.7 Å². The number of ether oxygens (including phenoxy) is 2. The standard InChI is InChI=1S/C21H16FN3O8/c1-31-16-6-14-10(4-11(16)19(23)26)15(2-3-24-14)33-18-7-17-9(5-13(18)22)12(8-32-17)20(27)25-21(28,29)30/h2-8,28-30H,1H3,(H2,23,26)(H,25,27). The van der Waals surface area contributed by atoms with Crippen LogP contribution in [-0.4, -0.2) is 45.3 Å². The number of fused-ring (bicyclic) bond motifs is 2. The highest BCUT2D eigenvalue weighted by Gasteiger charge is 2.25. The summed E-state index contributed by atoms with van der Waals surface area (Å²) in [6.45, 7) is 0. The number of nitrogens with one attached hydrogen (secondary N) is 1. The highest BCUT2D eigenvalue weighted by atomic mass is 19.1. The van der Waals surface area contributed by atoms with Gasteiger partial charge in [0, 0.05) is 29.1 Å². The van der Waals surface area contributed by atoms with E-state index in [2.05, 4.69) is 4.98 Å². The molecule has 170 valence electrons. The van der Waals surface area contributed by atoms with Gasteiger partial charge in [-0.2, -0.15) is 0 Å². The molecule has 0 unspecified atom stereocenters. The fourth-order valence-electron chi connectivity index (χ4n) is 3.22. The molecule has 0 atom stereocenters. The van der Waals surface area contributed by atoms with Gasteiger partial charge in [-0.3, -0.25) is 19.9 Å². The van der Waals surface area contributed by atoms with Crippen LogP contribution in [0.5, 0.6) is 17.2 Å². The lowest BCUT2D eigenvalue weighted by Crippen LogP contribution is -2.48. The molecule has 0 bridgehead atoms. The predicted molar refractivity (Wildman–Crippen MR) is 110 cm³/mol. The van der Waals surface area contributed by atoms with E-state index in [0.29, 0.717) is 10.9 Å². The highest BCUT2D eigenvalue weighted by molar-refractivity contribution is 6.06. The summed E-state index contributed by atoms with van der Waals surface area (Å²) < 4.78 is 30.9. The molecule has 33 heavy (non-hydrogen) atoms. The third-order valence-corrected chi connectivity index (χ3v) is 4.66. The Kier molecular flexibility index (Phi) is 5.33. The number of halogens is 1. The van der Waals surface area contributed by atoms with Gasteiger partial charge in [0.15, 0.2) is 11.6 Å². The van der Waals surface area contributed by atoms with E-state index in [1.54, 1.807) is 0 Å². The molecular weight excluding hydrogens is 441 g/mol. The van der Waals surface area contributed by atoms with E-state index in [9.17, 15) is 14.0 Å². The number of aromatic nitrogens is 1. The Morgan fingerprint density at radius 2 is 1.85 bits per heavy atom. The lowest BCUT2D eigenvalue weighted by Gasteiger charge is -2.14. The number of nitrogens with zero attached hydrogens (tertiary/aromatic N) is 1. The molecule has 2 aromatic heterocycles. The number of primary amides is 1. The summed E-state index contributed by atoms with van der Waals surface area (Å²) in [5.41, 5.74) is 5.65. The molecule has 2 heterocycles. The van der Waals surface area contributed by atoms with Crippen LogP contribution in [0.25, 0.3) is 21.9 Å². The Hall–Kier alpha value is -4.26. The largest absolute Gasteiger partial charge is 0.496 e. The summed E-state index contributed by atoms with van der Waals surface area (Å²) in [7, 11) is 1.37. The van der Waals surface area contributed by atoms with E-state index in [-0.39, 0.29) is 39.3 Å². The van der Waals surface area contributed by atoms with E-state index >= 15 is 0 Å². The molecule has 0 fully saturated rings. The molecular formula is C21H16FN3O8. The van der Waals surface area contributed by atoms with Crippen molar-refractivity contribution in [2.45, 2.75) is 6.10 Å². The number of nitrogens with two attached hydrogens (primary N) is 1.